The molecule has 0 spiro atoms. The van der Waals surface area contributed by atoms with Gasteiger partial charge in [0.25, 0.3) is 0 Å². The Bertz CT molecular complexity index is 429. The van der Waals surface area contributed by atoms with E-state index in [1.165, 1.54) is 24.8 Å². The molecule has 2 nitrogen and oxygen atoms in total. The lowest BCUT2D eigenvalue weighted by molar-refractivity contribution is 0.415. The van der Waals surface area contributed by atoms with Crippen molar-refractivity contribution in [2.45, 2.75) is 58.4 Å². The van der Waals surface area contributed by atoms with E-state index in [9.17, 15) is 0 Å². The Morgan fingerprint density at radius 1 is 1.32 bits per heavy atom. The minimum absolute atomic E-state index is 0.169. The Morgan fingerprint density at radius 2 is 2.00 bits per heavy atom. The highest BCUT2D eigenvalue weighted by atomic mass is 16.5. The maximum atomic E-state index is 5.47. The van der Waals surface area contributed by atoms with Crippen molar-refractivity contribution in [3.05, 3.63) is 23.8 Å². The highest BCUT2D eigenvalue weighted by Crippen LogP contribution is 2.36. The predicted molar refractivity (Wildman–Crippen MR) is 82.1 cm³/mol. The van der Waals surface area contributed by atoms with E-state index in [1.807, 2.05) is 0 Å². The van der Waals surface area contributed by atoms with Gasteiger partial charge in [-0.3, -0.25) is 0 Å². The summed E-state index contributed by atoms with van der Waals surface area (Å²) in [6.45, 7) is 8.99. The van der Waals surface area contributed by atoms with Crippen molar-refractivity contribution in [2.24, 2.45) is 5.92 Å². The van der Waals surface area contributed by atoms with Crippen LogP contribution in [0.4, 0.5) is 5.69 Å². The van der Waals surface area contributed by atoms with Gasteiger partial charge in [-0.05, 0) is 42.4 Å². The maximum Gasteiger partial charge on any atom is 0.141 e. The van der Waals surface area contributed by atoms with Crippen LogP contribution < -0.4 is 10.1 Å². The predicted octanol–water partition coefficient (Wildman–Crippen LogP) is 4.59. The largest absolute Gasteiger partial charge is 0.495 e. The second-order valence-corrected chi connectivity index (χ2v) is 6.89. The summed E-state index contributed by atoms with van der Waals surface area (Å²) < 4.78 is 5.47. The van der Waals surface area contributed by atoms with E-state index in [0.29, 0.717) is 6.04 Å². The normalized spacial score (nSPS) is 17.1. The average molecular weight is 261 g/mol. The first-order valence-electron chi connectivity index (χ1n) is 7.35. The van der Waals surface area contributed by atoms with E-state index >= 15 is 0 Å². The second-order valence-electron chi connectivity index (χ2n) is 6.89. The smallest absolute Gasteiger partial charge is 0.141 e. The molecule has 1 atom stereocenters. The molecule has 19 heavy (non-hydrogen) atoms. The van der Waals surface area contributed by atoms with Gasteiger partial charge >= 0.3 is 0 Å². The van der Waals surface area contributed by atoms with Crippen LogP contribution in [0.1, 0.15) is 52.5 Å². The number of hydrogen-bond donors (Lipinski definition) is 1. The molecule has 0 aliphatic heterocycles. The summed E-state index contributed by atoms with van der Waals surface area (Å²) in [7, 11) is 1.74. The highest BCUT2D eigenvalue weighted by molar-refractivity contribution is 5.59. The van der Waals surface area contributed by atoms with E-state index < -0.39 is 0 Å². The van der Waals surface area contributed by atoms with Crippen LogP contribution in [0.2, 0.25) is 0 Å². The first kappa shape index (κ1) is 14.2. The maximum absolute atomic E-state index is 5.47. The molecule has 0 amide bonds. The molecular weight excluding hydrogens is 234 g/mol. The Kier molecular flexibility index (Phi) is 4.07. The number of anilines is 1. The number of benzene rings is 1. The Morgan fingerprint density at radius 3 is 2.53 bits per heavy atom. The minimum Gasteiger partial charge on any atom is -0.495 e. The first-order valence-corrected chi connectivity index (χ1v) is 7.35. The second kappa shape index (κ2) is 5.44. The number of nitrogens with one attached hydrogen (secondary N) is 1. The van der Waals surface area contributed by atoms with Crippen LogP contribution in [-0.2, 0) is 5.41 Å². The molecule has 2 heteroatoms. The molecule has 1 aliphatic carbocycles. The molecule has 1 aromatic rings. The third-order valence-electron chi connectivity index (χ3n) is 3.85. The van der Waals surface area contributed by atoms with Crippen molar-refractivity contribution >= 4 is 5.69 Å². The number of methoxy groups -OCH3 is 1. The summed E-state index contributed by atoms with van der Waals surface area (Å²) in [5.41, 5.74) is 2.64. The minimum atomic E-state index is 0.169. The summed E-state index contributed by atoms with van der Waals surface area (Å²) in [5.74, 6) is 1.88. The lowest BCUT2D eigenvalue weighted by Gasteiger charge is -2.23. The molecular formula is C17H27NO. The summed E-state index contributed by atoms with van der Waals surface area (Å²) in [6, 6.07) is 6.99. The van der Waals surface area contributed by atoms with Crippen molar-refractivity contribution < 1.29 is 4.74 Å². The topological polar surface area (TPSA) is 21.3 Å². The molecule has 0 bridgehead atoms. The number of rotatable bonds is 5. The zero-order valence-electron chi connectivity index (χ0n) is 12.9. The van der Waals surface area contributed by atoms with Gasteiger partial charge in [-0.1, -0.05) is 39.7 Å². The summed E-state index contributed by atoms with van der Waals surface area (Å²) >= 11 is 0. The molecule has 1 N–H and O–H groups in total. The Balaban J connectivity index is 2.15. The monoisotopic (exact) mass is 261 g/mol. The van der Waals surface area contributed by atoms with E-state index in [2.05, 4.69) is 51.2 Å². The molecule has 106 valence electrons. The van der Waals surface area contributed by atoms with Gasteiger partial charge in [-0.25, -0.2) is 0 Å². The zero-order valence-corrected chi connectivity index (χ0v) is 12.9. The summed E-state index contributed by atoms with van der Waals surface area (Å²) in [6.07, 6.45) is 4.08. The molecule has 1 aliphatic rings. The molecule has 1 unspecified atom stereocenters. The van der Waals surface area contributed by atoms with Gasteiger partial charge < -0.3 is 10.1 Å². The van der Waals surface area contributed by atoms with Crippen LogP contribution in [0.5, 0.6) is 5.75 Å². The van der Waals surface area contributed by atoms with E-state index in [-0.39, 0.29) is 5.41 Å². The molecule has 1 aromatic carbocycles. The van der Waals surface area contributed by atoms with Crippen LogP contribution in [0, 0.1) is 5.92 Å². The van der Waals surface area contributed by atoms with Gasteiger partial charge in [-0.15, -0.1) is 0 Å². The Hall–Kier alpha value is -1.18. The van der Waals surface area contributed by atoms with Crippen LogP contribution in [0.3, 0.4) is 0 Å². The molecule has 0 aromatic heterocycles. The zero-order chi connectivity index (χ0) is 14.0. The molecule has 2 rings (SSSR count). The quantitative estimate of drug-likeness (QED) is 0.836. The first-order chi connectivity index (χ1) is 8.90. The van der Waals surface area contributed by atoms with Gasteiger partial charge in [0.1, 0.15) is 5.75 Å². The fourth-order valence-corrected chi connectivity index (χ4v) is 2.47. The summed E-state index contributed by atoms with van der Waals surface area (Å²) in [4.78, 5) is 0. The lowest BCUT2D eigenvalue weighted by atomic mass is 9.86. The van der Waals surface area contributed by atoms with Crippen molar-refractivity contribution in [1.82, 2.24) is 0 Å². The standard InChI is InChI=1S/C17H27NO/c1-12(10-13-6-7-13)18-15-11-14(17(2,3)4)8-9-16(15)19-5/h8-9,11-13,18H,6-7,10H2,1-5H3. The fourth-order valence-electron chi connectivity index (χ4n) is 2.47. The number of ether oxygens (including phenoxy) is 1. The van der Waals surface area contributed by atoms with Crippen molar-refractivity contribution in [3.63, 3.8) is 0 Å². The SMILES string of the molecule is COc1ccc(C(C)(C)C)cc1NC(C)CC1CC1. The highest BCUT2D eigenvalue weighted by Gasteiger charge is 2.24. The van der Waals surface area contributed by atoms with Gasteiger partial charge in [0.2, 0.25) is 0 Å². The number of hydrogen-bond acceptors (Lipinski definition) is 2. The van der Waals surface area contributed by atoms with E-state index in [0.717, 1.165) is 17.4 Å². The average Bonchev–Trinajstić information content (AvgIpc) is 3.11. The van der Waals surface area contributed by atoms with Gasteiger partial charge in [0.05, 0.1) is 12.8 Å². The van der Waals surface area contributed by atoms with Crippen LogP contribution in [-0.4, -0.2) is 13.2 Å². The van der Waals surface area contributed by atoms with Gasteiger partial charge in [-0.2, -0.15) is 0 Å². The van der Waals surface area contributed by atoms with Gasteiger partial charge in [0, 0.05) is 6.04 Å². The summed E-state index contributed by atoms with van der Waals surface area (Å²) in [5, 5.41) is 3.62. The molecule has 0 radical (unpaired) electrons. The van der Waals surface area contributed by atoms with Crippen molar-refractivity contribution in [1.29, 1.82) is 0 Å². The third kappa shape index (κ3) is 3.89. The molecule has 0 heterocycles. The van der Waals surface area contributed by atoms with E-state index in [4.69, 9.17) is 4.74 Å². The van der Waals surface area contributed by atoms with Crippen LogP contribution >= 0.6 is 0 Å². The van der Waals surface area contributed by atoms with E-state index in [1.54, 1.807) is 7.11 Å². The third-order valence-corrected chi connectivity index (χ3v) is 3.85. The Labute approximate surface area is 117 Å². The molecule has 1 fully saturated rings. The van der Waals surface area contributed by atoms with Crippen LogP contribution in [0.25, 0.3) is 0 Å². The van der Waals surface area contributed by atoms with Crippen molar-refractivity contribution in [3.8, 4) is 5.75 Å². The molecule has 1 saturated carbocycles. The van der Waals surface area contributed by atoms with Gasteiger partial charge in [0.15, 0.2) is 0 Å². The lowest BCUT2D eigenvalue weighted by Crippen LogP contribution is -2.18. The van der Waals surface area contributed by atoms with Crippen molar-refractivity contribution in [2.75, 3.05) is 12.4 Å². The molecule has 0 saturated heterocycles. The van der Waals surface area contributed by atoms with Crippen LogP contribution in [0.15, 0.2) is 18.2 Å². The fraction of sp³-hybridized carbons (Fsp3) is 0.647.